The third-order valence-corrected chi connectivity index (χ3v) is 11.1. The number of nitrogens with zero attached hydrogens (tertiary/aromatic N) is 5. The van der Waals surface area contributed by atoms with Crippen molar-refractivity contribution in [2.24, 2.45) is 0 Å². The summed E-state index contributed by atoms with van der Waals surface area (Å²) in [5.74, 6) is 2.51. The molecular formula is C51H33N5. The summed E-state index contributed by atoms with van der Waals surface area (Å²) in [6.07, 6.45) is 0. The topological polar surface area (TPSA) is 56.5 Å². The number of pyridine rings is 1. The van der Waals surface area contributed by atoms with Gasteiger partial charge in [0.25, 0.3) is 0 Å². The molecule has 7 aromatic carbocycles. The fourth-order valence-electron chi connectivity index (χ4n) is 8.75. The predicted octanol–water partition coefficient (Wildman–Crippen LogP) is 11.7. The van der Waals surface area contributed by atoms with Gasteiger partial charge in [-0.3, -0.25) is 4.57 Å². The lowest BCUT2D eigenvalue weighted by atomic mass is 9.67. The van der Waals surface area contributed by atoms with E-state index in [2.05, 4.69) is 132 Å². The van der Waals surface area contributed by atoms with Gasteiger partial charge < -0.3 is 0 Å². The Hall–Kier alpha value is -7.50. The number of para-hydroxylation sites is 1. The van der Waals surface area contributed by atoms with Crippen LogP contribution in [0, 0.1) is 0 Å². The molecule has 0 saturated heterocycles. The van der Waals surface area contributed by atoms with Crippen LogP contribution in [0.25, 0.3) is 73.0 Å². The summed E-state index contributed by atoms with van der Waals surface area (Å²) in [6.45, 7) is 0. The minimum atomic E-state index is -0.522. The monoisotopic (exact) mass is 715 g/mol. The fourth-order valence-corrected chi connectivity index (χ4v) is 8.75. The lowest BCUT2D eigenvalue weighted by Gasteiger charge is -2.34. The van der Waals surface area contributed by atoms with Gasteiger partial charge >= 0.3 is 0 Å². The van der Waals surface area contributed by atoms with E-state index >= 15 is 0 Å². The molecule has 0 aliphatic heterocycles. The predicted molar refractivity (Wildman–Crippen MR) is 226 cm³/mol. The minimum Gasteiger partial charge on any atom is -0.294 e. The average Bonchev–Trinajstić information content (AvgIpc) is 3.76. The highest BCUT2D eigenvalue weighted by atomic mass is 15.1. The second-order valence-corrected chi connectivity index (χ2v) is 14.2. The summed E-state index contributed by atoms with van der Waals surface area (Å²) >= 11 is 0. The molecule has 0 spiro atoms. The highest BCUT2D eigenvalue weighted by molar-refractivity contribution is 6.12. The van der Waals surface area contributed by atoms with Crippen molar-refractivity contribution in [2.45, 2.75) is 5.41 Å². The maximum atomic E-state index is 5.35. The summed E-state index contributed by atoms with van der Waals surface area (Å²) in [5, 5.41) is 2.35. The molecular weight excluding hydrogens is 683 g/mol. The molecule has 1 aliphatic carbocycles. The quantitative estimate of drug-likeness (QED) is 0.172. The van der Waals surface area contributed by atoms with E-state index in [0.29, 0.717) is 23.2 Å². The van der Waals surface area contributed by atoms with E-state index in [1.165, 1.54) is 44.2 Å². The van der Waals surface area contributed by atoms with E-state index in [4.69, 9.17) is 19.9 Å². The van der Waals surface area contributed by atoms with Gasteiger partial charge in [-0.2, -0.15) is 0 Å². The van der Waals surface area contributed by atoms with E-state index < -0.39 is 5.41 Å². The first-order valence-corrected chi connectivity index (χ1v) is 18.9. The van der Waals surface area contributed by atoms with Gasteiger partial charge in [0, 0.05) is 21.9 Å². The van der Waals surface area contributed by atoms with Gasteiger partial charge in [-0.15, -0.1) is 0 Å². The Morgan fingerprint density at radius 2 is 0.911 bits per heavy atom. The molecule has 0 radical (unpaired) electrons. The van der Waals surface area contributed by atoms with E-state index in [0.717, 1.165) is 28.0 Å². The molecule has 0 atom stereocenters. The molecule has 0 bridgehead atoms. The van der Waals surface area contributed by atoms with Gasteiger partial charge in [0.1, 0.15) is 11.5 Å². The van der Waals surface area contributed by atoms with Crippen LogP contribution < -0.4 is 0 Å². The zero-order chi connectivity index (χ0) is 37.1. The summed E-state index contributed by atoms with van der Waals surface area (Å²) in [7, 11) is 0. The largest absolute Gasteiger partial charge is 0.294 e. The van der Waals surface area contributed by atoms with Crippen LogP contribution in [0.2, 0.25) is 0 Å². The molecule has 10 aromatic rings. The van der Waals surface area contributed by atoms with Crippen molar-refractivity contribution in [1.82, 2.24) is 24.5 Å². The van der Waals surface area contributed by atoms with Crippen molar-refractivity contribution < 1.29 is 0 Å². The van der Waals surface area contributed by atoms with Gasteiger partial charge in [0.2, 0.25) is 0 Å². The van der Waals surface area contributed by atoms with Crippen LogP contribution in [-0.4, -0.2) is 24.5 Å². The van der Waals surface area contributed by atoms with Crippen molar-refractivity contribution in [3.8, 4) is 51.2 Å². The summed E-state index contributed by atoms with van der Waals surface area (Å²) in [5.41, 5.74) is 11.7. The van der Waals surface area contributed by atoms with Crippen molar-refractivity contribution in [1.29, 1.82) is 0 Å². The highest BCUT2D eigenvalue weighted by Gasteiger charge is 2.46. The van der Waals surface area contributed by atoms with Gasteiger partial charge in [0.05, 0.1) is 16.4 Å². The van der Waals surface area contributed by atoms with Crippen molar-refractivity contribution in [2.75, 3.05) is 0 Å². The summed E-state index contributed by atoms with van der Waals surface area (Å²) in [6, 6.07) is 70.5. The summed E-state index contributed by atoms with van der Waals surface area (Å²) in [4.78, 5) is 20.3. The van der Waals surface area contributed by atoms with Crippen LogP contribution in [0.5, 0.6) is 0 Å². The first-order valence-electron chi connectivity index (χ1n) is 18.9. The lowest BCUT2D eigenvalue weighted by Crippen LogP contribution is -2.28. The van der Waals surface area contributed by atoms with Crippen LogP contribution in [0.3, 0.4) is 0 Å². The molecule has 5 heteroatoms. The summed E-state index contributed by atoms with van der Waals surface area (Å²) < 4.78 is 2.30. The van der Waals surface area contributed by atoms with Gasteiger partial charge in [-0.1, -0.05) is 170 Å². The number of hydrogen-bond acceptors (Lipinski definition) is 4. The maximum Gasteiger partial charge on any atom is 0.182 e. The number of rotatable bonds is 6. The number of fused-ring (bicyclic) bond motifs is 6. The molecule has 11 rings (SSSR count). The molecule has 56 heavy (non-hydrogen) atoms. The first kappa shape index (κ1) is 32.0. The average molecular weight is 716 g/mol. The van der Waals surface area contributed by atoms with Crippen LogP contribution in [0.1, 0.15) is 22.3 Å². The van der Waals surface area contributed by atoms with Gasteiger partial charge in [-0.05, 0) is 63.7 Å². The molecule has 0 amide bonds. The molecule has 0 unspecified atom stereocenters. The highest BCUT2D eigenvalue weighted by Crippen LogP contribution is 2.57. The number of aromatic nitrogens is 5. The molecule has 5 nitrogen and oxygen atoms in total. The standard InChI is InChI=1S/C51H33N5/c1-5-18-34(19-6-1)48-53-49(35-20-7-2-8-21-35)55-50(54-48)44-29-17-31-47(52-44)56-45-30-16-14-27-39(45)41-32-40-38-26-13-15-28-42(38)51(43(40)33-46(41)56,36-22-9-3-10-23-36)37-24-11-4-12-25-37/h1-33H. The van der Waals surface area contributed by atoms with E-state index in [1.807, 2.05) is 72.8 Å². The molecule has 3 heterocycles. The fraction of sp³-hybridized carbons (Fsp3) is 0.0196. The first-order chi connectivity index (χ1) is 27.8. The third kappa shape index (κ3) is 4.88. The smallest absolute Gasteiger partial charge is 0.182 e. The van der Waals surface area contributed by atoms with Crippen LogP contribution >= 0.6 is 0 Å². The molecule has 0 saturated carbocycles. The maximum absolute atomic E-state index is 5.35. The van der Waals surface area contributed by atoms with Crippen molar-refractivity contribution in [3.63, 3.8) is 0 Å². The van der Waals surface area contributed by atoms with E-state index in [-0.39, 0.29) is 0 Å². The Kier molecular flexibility index (Phi) is 7.32. The van der Waals surface area contributed by atoms with Crippen molar-refractivity contribution in [3.05, 3.63) is 222 Å². The molecule has 3 aromatic heterocycles. The van der Waals surface area contributed by atoms with Crippen molar-refractivity contribution >= 4 is 21.8 Å². The van der Waals surface area contributed by atoms with Crippen LogP contribution in [0.15, 0.2) is 200 Å². The van der Waals surface area contributed by atoms with E-state index in [1.54, 1.807) is 0 Å². The third-order valence-electron chi connectivity index (χ3n) is 11.1. The van der Waals surface area contributed by atoms with Crippen LogP contribution in [-0.2, 0) is 5.41 Å². The van der Waals surface area contributed by atoms with Gasteiger partial charge in [0.15, 0.2) is 17.5 Å². The Balaban J connectivity index is 1.17. The SMILES string of the molecule is c1ccc(-c2nc(-c3ccccc3)nc(-c3cccc(-n4c5ccccc5c5cc6c(cc54)C(c4ccccc4)(c4ccccc4)c4ccccc4-6)n3)n2)cc1. The molecule has 0 N–H and O–H groups in total. The molecule has 262 valence electrons. The Bertz CT molecular complexity index is 2970. The molecule has 1 aliphatic rings. The van der Waals surface area contributed by atoms with E-state index in [9.17, 15) is 0 Å². The zero-order valence-corrected chi connectivity index (χ0v) is 30.3. The minimum absolute atomic E-state index is 0.517. The number of hydrogen-bond donors (Lipinski definition) is 0. The molecule has 0 fully saturated rings. The van der Waals surface area contributed by atoms with Crippen LogP contribution in [0.4, 0.5) is 0 Å². The number of benzene rings is 7. The Morgan fingerprint density at radius 1 is 0.357 bits per heavy atom. The van der Waals surface area contributed by atoms with Gasteiger partial charge in [-0.25, -0.2) is 19.9 Å². The Labute approximate surface area is 324 Å². The normalized spacial score (nSPS) is 12.8. The second kappa shape index (κ2) is 12.8. The Morgan fingerprint density at radius 3 is 1.57 bits per heavy atom. The lowest BCUT2D eigenvalue weighted by molar-refractivity contribution is 0.769. The second-order valence-electron chi connectivity index (χ2n) is 14.2. The zero-order valence-electron chi connectivity index (χ0n) is 30.3.